The summed E-state index contributed by atoms with van der Waals surface area (Å²) in [6.45, 7) is 1.87. The summed E-state index contributed by atoms with van der Waals surface area (Å²) in [5.74, 6) is 1.16. The molecule has 0 bridgehead atoms. The highest BCUT2D eigenvalue weighted by molar-refractivity contribution is 5.81. The number of hydrogen-bond donors (Lipinski definition) is 2. The van der Waals surface area contributed by atoms with Gasteiger partial charge in [-0.3, -0.25) is 4.79 Å². The van der Waals surface area contributed by atoms with Crippen LogP contribution in [0.1, 0.15) is 51.4 Å². The number of nitrogens with one attached hydrogen (secondary N) is 2. The van der Waals surface area contributed by atoms with Gasteiger partial charge in [-0.2, -0.15) is 0 Å². The van der Waals surface area contributed by atoms with Crippen LogP contribution in [0.4, 0.5) is 0 Å². The highest BCUT2D eigenvalue weighted by atomic mass is 16.2. The zero-order valence-electron chi connectivity index (χ0n) is 10.1. The fourth-order valence-electron chi connectivity index (χ4n) is 2.93. The van der Waals surface area contributed by atoms with Gasteiger partial charge in [-0.1, -0.05) is 25.7 Å². The molecule has 0 spiro atoms. The maximum atomic E-state index is 11.7. The lowest BCUT2D eigenvalue weighted by Crippen LogP contribution is -2.40. The van der Waals surface area contributed by atoms with E-state index in [9.17, 15) is 4.79 Å². The lowest BCUT2D eigenvalue weighted by molar-refractivity contribution is -0.122. The van der Waals surface area contributed by atoms with E-state index < -0.39 is 0 Å². The van der Waals surface area contributed by atoms with Crippen molar-refractivity contribution in [2.75, 3.05) is 13.1 Å². The van der Waals surface area contributed by atoms with E-state index in [-0.39, 0.29) is 11.9 Å². The average molecular weight is 224 g/mol. The van der Waals surface area contributed by atoms with Crippen LogP contribution in [0.3, 0.4) is 0 Å². The first-order valence-electron chi connectivity index (χ1n) is 6.87. The van der Waals surface area contributed by atoms with Crippen molar-refractivity contribution in [3.63, 3.8) is 0 Å². The molecule has 1 atom stereocenters. The van der Waals surface area contributed by atoms with E-state index >= 15 is 0 Å². The Hall–Kier alpha value is -0.570. The Bertz CT molecular complexity index is 218. The van der Waals surface area contributed by atoms with Gasteiger partial charge in [-0.25, -0.2) is 0 Å². The maximum absolute atomic E-state index is 11.7. The van der Waals surface area contributed by atoms with E-state index in [1.54, 1.807) is 0 Å². The molecular weight excluding hydrogens is 200 g/mol. The summed E-state index contributed by atoms with van der Waals surface area (Å²) in [5.41, 5.74) is 0. The minimum Gasteiger partial charge on any atom is -0.355 e. The summed E-state index contributed by atoms with van der Waals surface area (Å²) in [6.07, 6.45) is 10.3. The molecule has 0 aromatic carbocycles. The number of amides is 1. The Balaban J connectivity index is 1.51. The van der Waals surface area contributed by atoms with E-state index in [0.29, 0.717) is 0 Å². The quantitative estimate of drug-likeness (QED) is 0.699. The first-order chi connectivity index (χ1) is 7.86. The molecular formula is C13H24N2O. The summed E-state index contributed by atoms with van der Waals surface area (Å²) in [7, 11) is 0. The standard InChI is InChI=1S/C13H24N2O/c16-13(12-8-4-9-14-12)15-10-3-7-11-5-1-2-6-11/h11-12,14H,1-10H2,(H,15,16)/t12-/m1/s1. The second-order valence-electron chi connectivity index (χ2n) is 5.23. The van der Waals surface area contributed by atoms with Gasteiger partial charge in [0.15, 0.2) is 0 Å². The van der Waals surface area contributed by atoms with Crippen molar-refractivity contribution in [2.24, 2.45) is 5.92 Å². The third-order valence-corrected chi connectivity index (χ3v) is 3.94. The van der Waals surface area contributed by atoms with E-state index in [4.69, 9.17) is 0 Å². The van der Waals surface area contributed by atoms with E-state index in [0.717, 1.165) is 38.3 Å². The lowest BCUT2D eigenvalue weighted by atomic mass is 10.0. The topological polar surface area (TPSA) is 41.1 Å². The van der Waals surface area contributed by atoms with Crippen LogP contribution < -0.4 is 10.6 Å². The molecule has 0 unspecified atom stereocenters. The molecule has 2 fully saturated rings. The molecule has 1 aliphatic carbocycles. The van der Waals surface area contributed by atoms with Gasteiger partial charge in [0, 0.05) is 6.54 Å². The van der Waals surface area contributed by atoms with Gasteiger partial charge in [-0.15, -0.1) is 0 Å². The number of carbonyl (C=O) groups is 1. The van der Waals surface area contributed by atoms with Crippen LogP contribution in [0.2, 0.25) is 0 Å². The highest BCUT2D eigenvalue weighted by Crippen LogP contribution is 2.28. The molecule has 0 aromatic rings. The molecule has 0 aromatic heterocycles. The summed E-state index contributed by atoms with van der Waals surface area (Å²) >= 11 is 0. The normalized spacial score (nSPS) is 26.1. The van der Waals surface area contributed by atoms with Gasteiger partial charge in [-0.05, 0) is 38.1 Å². The van der Waals surface area contributed by atoms with Gasteiger partial charge in [0.05, 0.1) is 6.04 Å². The van der Waals surface area contributed by atoms with Crippen molar-refractivity contribution in [3.8, 4) is 0 Å². The first kappa shape index (κ1) is 11.9. The maximum Gasteiger partial charge on any atom is 0.237 e. The van der Waals surface area contributed by atoms with Gasteiger partial charge in [0.1, 0.15) is 0 Å². The second kappa shape index (κ2) is 6.24. The van der Waals surface area contributed by atoms with Crippen molar-refractivity contribution < 1.29 is 4.79 Å². The third-order valence-electron chi connectivity index (χ3n) is 3.94. The molecule has 1 aliphatic heterocycles. The molecule has 1 amide bonds. The zero-order chi connectivity index (χ0) is 11.2. The van der Waals surface area contributed by atoms with Gasteiger partial charge < -0.3 is 10.6 Å². The molecule has 2 rings (SSSR count). The Kier molecular flexibility index (Phi) is 4.64. The van der Waals surface area contributed by atoms with Gasteiger partial charge in [0.25, 0.3) is 0 Å². The smallest absolute Gasteiger partial charge is 0.237 e. The van der Waals surface area contributed by atoms with Crippen molar-refractivity contribution in [3.05, 3.63) is 0 Å². The van der Waals surface area contributed by atoms with Crippen molar-refractivity contribution >= 4 is 5.91 Å². The first-order valence-corrected chi connectivity index (χ1v) is 6.87. The van der Waals surface area contributed by atoms with Crippen LogP contribution in [0, 0.1) is 5.92 Å². The summed E-state index contributed by atoms with van der Waals surface area (Å²) < 4.78 is 0. The fourth-order valence-corrected chi connectivity index (χ4v) is 2.93. The number of carbonyl (C=O) groups excluding carboxylic acids is 1. The SMILES string of the molecule is O=C(NCCCC1CCCC1)[C@H]1CCCN1. The molecule has 2 N–H and O–H groups in total. The third kappa shape index (κ3) is 3.48. The molecule has 3 nitrogen and oxygen atoms in total. The Labute approximate surface area is 98.4 Å². The molecule has 92 valence electrons. The minimum absolute atomic E-state index is 0.0893. The predicted octanol–water partition coefficient (Wildman–Crippen LogP) is 1.82. The molecule has 16 heavy (non-hydrogen) atoms. The minimum atomic E-state index is 0.0893. The monoisotopic (exact) mass is 224 g/mol. The largest absolute Gasteiger partial charge is 0.355 e. The predicted molar refractivity (Wildman–Crippen MR) is 65.2 cm³/mol. The number of hydrogen-bond acceptors (Lipinski definition) is 2. The zero-order valence-corrected chi connectivity index (χ0v) is 10.1. The average Bonchev–Trinajstić information content (AvgIpc) is 2.96. The second-order valence-corrected chi connectivity index (χ2v) is 5.23. The van der Waals surface area contributed by atoms with E-state index in [1.807, 2.05) is 0 Å². The Morgan fingerprint density at radius 2 is 2.00 bits per heavy atom. The molecule has 0 radical (unpaired) electrons. The highest BCUT2D eigenvalue weighted by Gasteiger charge is 2.21. The summed E-state index contributed by atoms with van der Waals surface area (Å²) in [4.78, 5) is 11.7. The van der Waals surface area contributed by atoms with Crippen LogP contribution in [0.25, 0.3) is 0 Å². The van der Waals surface area contributed by atoms with Gasteiger partial charge >= 0.3 is 0 Å². The van der Waals surface area contributed by atoms with Crippen molar-refractivity contribution in [1.82, 2.24) is 10.6 Å². The van der Waals surface area contributed by atoms with Crippen LogP contribution in [0.5, 0.6) is 0 Å². The summed E-state index contributed by atoms with van der Waals surface area (Å²) in [6, 6.07) is 0.0893. The Morgan fingerprint density at radius 1 is 1.19 bits per heavy atom. The number of rotatable bonds is 5. The molecule has 1 heterocycles. The fraction of sp³-hybridized carbons (Fsp3) is 0.923. The van der Waals surface area contributed by atoms with E-state index in [2.05, 4.69) is 10.6 Å². The Morgan fingerprint density at radius 3 is 2.69 bits per heavy atom. The van der Waals surface area contributed by atoms with Crippen LogP contribution >= 0.6 is 0 Å². The van der Waals surface area contributed by atoms with Crippen LogP contribution in [-0.2, 0) is 4.79 Å². The molecule has 2 aliphatic rings. The van der Waals surface area contributed by atoms with Gasteiger partial charge in [0.2, 0.25) is 5.91 Å². The summed E-state index contributed by atoms with van der Waals surface area (Å²) in [5, 5.41) is 6.27. The van der Waals surface area contributed by atoms with Crippen molar-refractivity contribution in [2.45, 2.75) is 57.4 Å². The van der Waals surface area contributed by atoms with Crippen LogP contribution in [0.15, 0.2) is 0 Å². The van der Waals surface area contributed by atoms with Crippen molar-refractivity contribution in [1.29, 1.82) is 0 Å². The molecule has 1 saturated carbocycles. The van der Waals surface area contributed by atoms with E-state index in [1.165, 1.54) is 32.1 Å². The van der Waals surface area contributed by atoms with Crippen LogP contribution in [-0.4, -0.2) is 25.0 Å². The molecule has 3 heteroatoms. The lowest BCUT2D eigenvalue weighted by Gasteiger charge is -2.12. The molecule has 1 saturated heterocycles.